The van der Waals surface area contributed by atoms with Crippen molar-refractivity contribution in [2.24, 2.45) is 0 Å². The lowest BCUT2D eigenvalue weighted by Gasteiger charge is -2.20. The summed E-state index contributed by atoms with van der Waals surface area (Å²) in [5.41, 5.74) is 5.69. The summed E-state index contributed by atoms with van der Waals surface area (Å²) in [4.78, 5) is 12.6. The number of fused-ring (bicyclic) bond motifs is 1. The van der Waals surface area contributed by atoms with Crippen molar-refractivity contribution in [1.29, 1.82) is 0 Å². The van der Waals surface area contributed by atoms with E-state index in [1.807, 2.05) is 27.7 Å². The predicted octanol–water partition coefficient (Wildman–Crippen LogP) is 4.57. The zero-order valence-corrected chi connectivity index (χ0v) is 14.5. The van der Waals surface area contributed by atoms with Gasteiger partial charge < -0.3 is 9.73 Å². The zero-order chi connectivity index (χ0) is 16.6. The van der Waals surface area contributed by atoms with Gasteiger partial charge in [0.15, 0.2) is 0 Å². The smallest absolute Gasteiger partial charge is 0.255 e. The number of amides is 1. The van der Waals surface area contributed by atoms with Gasteiger partial charge in [-0.1, -0.05) is 18.2 Å². The molecule has 3 heteroatoms. The van der Waals surface area contributed by atoms with Gasteiger partial charge >= 0.3 is 0 Å². The summed E-state index contributed by atoms with van der Waals surface area (Å²) in [7, 11) is 0. The molecule has 1 amide bonds. The van der Waals surface area contributed by atoms with Crippen molar-refractivity contribution in [3.8, 4) is 0 Å². The number of furan rings is 1. The quantitative estimate of drug-likeness (QED) is 0.902. The molecule has 1 aromatic carbocycles. The van der Waals surface area contributed by atoms with Gasteiger partial charge in [0, 0.05) is 5.56 Å². The van der Waals surface area contributed by atoms with Crippen LogP contribution in [0.5, 0.6) is 0 Å². The van der Waals surface area contributed by atoms with E-state index >= 15 is 0 Å². The minimum Gasteiger partial charge on any atom is -0.466 e. The summed E-state index contributed by atoms with van der Waals surface area (Å²) in [6.07, 6.45) is 4.90. The third-order valence-electron chi connectivity index (χ3n) is 5.01. The number of carbonyl (C=O) groups excluding carboxylic acids is 1. The number of carbonyl (C=O) groups is 1. The van der Waals surface area contributed by atoms with Crippen molar-refractivity contribution in [3.05, 3.63) is 57.5 Å². The number of hydrogen-bond acceptors (Lipinski definition) is 2. The molecule has 0 spiro atoms. The lowest BCUT2D eigenvalue weighted by atomic mass is 9.89. The predicted molar refractivity (Wildman–Crippen MR) is 91.9 cm³/mol. The van der Waals surface area contributed by atoms with Crippen molar-refractivity contribution in [3.63, 3.8) is 0 Å². The van der Waals surface area contributed by atoms with Crippen LogP contribution in [0.15, 0.2) is 22.6 Å². The molecule has 1 heterocycles. The molecule has 2 aromatic rings. The Morgan fingerprint density at radius 3 is 2.43 bits per heavy atom. The Kier molecular flexibility index (Phi) is 4.29. The van der Waals surface area contributed by atoms with Gasteiger partial charge in [-0.05, 0) is 70.1 Å². The van der Waals surface area contributed by atoms with Crippen LogP contribution in [0.3, 0.4) is 0 Å². The molecule has 0 saturated carbocycles. The molecule has 23 heavy (non-hydrogen) atoms. The highest BCUT2D eigenvalue weighted by Gasteiger charge is 2.21. The first kappa shape index (κ1) is 15.9. The maximum absolute atomic E-state index is 12.6. The van der Waals surface area contributed by atoms with Crippen molar-refractivity contribution in [2.75, 3.05) is 0 Å². The maximum atomic E-state index is 12.6. The molecule has 3 nitrogen and oxygen atoms in total. The van der Waals surface area contributed by atoms with E-state index in [4.69, 9.17) is 4.42 Å². The summed E-state index contributed by atoms with van der Waals surface area (Å²) < 4.78 is 5.57. The van der Waals surface area contributed by atoms with Crippen molar-refractivity contribution >= 4 is 5.91 Å². The minimum atomic E-state index is -0.0536. The van der Waals surface area contributed by atoms with Crippen LogP contribution in [0.25, 0.3) is 0 Å². The van der Waals surface area contributed by atoms with Crippen LogP contribution < -0.4 is 5.32 Å². The highest BCUT2D eigenvalue weighted by molar-refractivity contribution is 5.97. The molecule has 1 N–H and O–H groups in total. The Labute approximate surface area is 138 Å². The Balaban J connectivity index is 1.78. The summed E-state index contributed by atoms with van der Waals surface area (Å²) in [5.74, 6) is 1.45. The fourth-order valence-corrected chi connectivity index (χ4v) is 3.50. The molecule has 1 atom stereocenters. The molecule has 1 aromatic heterocycles. The Hall–Kier alpha value is -2.03. The van der Waals surface area contributed by atoms with Crippen LogP contribution in [-0.2, 0) is 12.8 Å². The van der Waals surface area contributed by atoms with Crippen LogP contribution >= 0.6 is 0 Å². The van der Waals surface area contributed by atoms with E-state index < -0.39 is 0 Å². The number of nitrogens with one attached hydrogen (secondary N) is 1. The van der Waals surface area contributed by atoms with Gasteiger partial charge in [-0.15, -0.1) is 0 Å². The maximum Gasteiger partial charge on any atom is 0.255 e. The molecule has 1 aliphatic rings. The topological polar surface area (TPSA) is 42.2 Å². The minimum absolute atomic E-state index is 0.0104. The van der Waals surface area contributed by atoms with Crippen LogP contribution in [0.2, 0.25) is 0 Å². The monoisotopic (exact) mass is 311 g/mol. The molecular formula is C20H25NO2. The van der Waals surface area contributed by atoms with E-state index in [1.54, 1.807) is 0 Å². The first-order valence-electron chi connectivity index (χ1n) is 8.46. The van der Waals surface area contributed by atoms with Gasteiger partial charge in [-0.2, -0.15) is 0 Å². The Morgan fingerprint density at radius 2 is 1.78 bits per heavy atom. The lowest BCUT2D eigenvalue weighted by molar-refractivity contribution is 0.0938. The second-order valence-electron chi connectivity index (χ2n) is 6.64. The van der Waals surface area contributed by atoms with E-state index in [9.17, 15) is 4.79 Å². The molecular weight excluding hydrogens is 286 g/mol. The van der Waals surface area contributed by atoms with E-state index in [0.29, 0.717) is 11.3 Å². The highest BCUT2D eigenvalue weighted by Crippen LogP contribution is 2.26. The first-order chi connectivity index (χ1) is 11.0. The first-order valence-corrected chi connectivity index (χ1v) is 8.46. The number of benzene rings is 1. The van der Waals surface area contributed by atoms with Crippen LogP contribution in [-0.4, -0.2) is 5.91 Å². The number of rotatable bonds is 3. The molecule has 1 unspecified atom stereocenters. The van der Waals surface area contributed by atoms with Crippen LogP contribution in [0.1, 0.15) is 69.9 Å². The molecule has 3 rings (SSSR count). The van der Waals surface area contributed by atoms with Crippen LogP contribution in [0, 0.1) is 20.8 Å². The molecule has 0 saturated heterocycles. The summed E-state index contributed by atoms with van der Waals surface area (Å²) in [6, 6.07) is 6.63. The normalized spacial score (nSPS) is 15.1. The third-order valence-corrected chi connectivity index (χ3v) is 5.01. The Morgan fingerprint density at radius 1 is 1.09 bits per heavy atom. The largest absolute Gasteiger partial charge is 0.466 e. The fourth-order valence-electron chi connectivity index (χ4n) is 3.50. The summed E-state index contributed by atoms with van der Waals surface area (Å²) >= 11 is 0. The summed E-state index contributed by atoms with van der Waals surface area (Å²) in [6.45, 7) is 7.72. The molecule has 0 bridgehead atoms. The van der Waals surface area contributed by atoms with E-state index in [2.05, 4.69) is 23.5 Å². The zero-order valence-electron chi connectivity index (χ0n) is 14.5. The molecule has 0 radical (unpaired) electrons. The molecule has 122 valence electrons. The number of hydrogen-bond donors (Lipinski definition) is 1. The SMILES string of the molecule is Cc1oc(C)c(C(=O)NC(C)c2ccc3c(c2)CCCC3)c1C. The second kappa shape index (κ2) is 6.23. The van der Waals surface area contributed by atoms with Crippen molar-refractivity contribution < 1.29 is 9.21 Å². The highest BCUT2D eigenvalue weighted by atomic mass is 16.3. The average molecular weight is 311 g/mol. The van der Waals surface area contributed by atoms with Crippen LogP contribution in [0.4, 0.5) is 0 Å². The Bertz CT molecular complexity index is 742. The molecule has 0 fully saturated rings. The fraction of sp³-hybridized carbons (Fsp3) is 0.450. The second-order valence-corrected chi connectivity index (χ2v) is 6.64. The van der Waals surface area contributed by atoms with Gasteiger partial charge in [-0.25, -0.2) is 0 Å². The van der Waals surface area contributed by atoms with E-state index in [-0.39, 0.29) is 11.9 Å². The summed E-state index contributed by atoms with van der Waals surface area (Å²) in [5, 5.41) is 3.12. The van der Waals surface area contributed by atoms with E-state index in [1.165, 1.54) is 36.0 Å². The van der Waals surface area contributed by atoms with Gasteiger partial charge in [0.2, 0.25) is 0 Å². The lowest BCUT2D eigenvalue weighted by Crippen LogP contribution is -2.27. The van der Waals surface area contributed by atoms with Gasteiger partial charge in [0.25, 0.3) is 5.91 Å². The molecule has 0 aliphatic heterocycles. The molecule has 1 aliphatic carbocycles. The van der Waals surface area contributed by atoms with Gasteiger partial charge in [0.05, 0.1) is 11.6 Å². The van der Waals surface area contributed by atoms with Gasteiger partial charge in [0.1, 0.15) is 11.5 Å². The average Bonchev–Trinajstić information content (AvgIpc) is 2.79. The van der Waals surface area contributed by atoms with Gasteiger partial charge in [-0.3, -0.25) is 4.79 Å². The van der Waals surface area contributed by atoms with Crippen molar-refractivity contribution in [2.45, 2.75) is 59.4 Å². The standard InChI is InChI=1S/C20H25NO2/c1-12-14(3)23-15(4)19(12)20(22)21-13(2)17-10-9-16-7-5-6-8-18(16)11-17/h9-11,13H,5-8H2,1-4H3,(H,21,22). The van der Waals surface area contributed by atoms with Crippen molar-refractivity contribution in [1.82, 2.24) is 5.32 Å². The van der Waals surface area contributed by atoms with E-state index in [0.717, 1.165) is 17.7 Å². The number of aryl methyl sites for hydroxylation is 4. The third kappa shape index (κ3) is 3.05.